The Morgan fingerprint density at radius 2 is 1.38 bits per heavy atom. The van der Waals surface area contributed by atoms with Crippen molar-refractivity contribution in [2.45, 2.75) is 58.3 Å². The van der Waals surface area contributed by atoms with Gasteiger partial charge in [0.2, 0.25) is 0 Å². The molecule has 0 heterocycles. The van der Waals surface area contributed by atoms with Gasteiger partial charge >= 0.3 is 12.1 Å². The maximum absolute atomic E-state index is 11.3. The summed E-state index contributed by atoms with van der Waals surface area (Å²) in [6.45, 7) is 6.11. The number of carboxylic acid groups (broad SMARTS) is 1. The third-order valence-electron chi connectivity index (χ3n) is 3.48. The first-order valence-corrected chi connectivity index (χ1v) is 9.09. The van der Waals surface area contributed by atoms with Crippen molar-refractivity contribution in [1.82, 2.24) is 10.6 Å². The van der Waals surface area contributed by atoms with Crippen molar-refractivity contribution in [2.24, 2.45) is 0 Å². The summed E-state index contributed by atoms with van der Waals surface area (Å²) in [5.41, 5.74) is 0. The number of unbranched alkanes of at least 4 members (excludes halogenated alkanes) is 6. The second-order valence-electron chi connectivity index (χ2n) is 5.67. The van der Waals surface area contributed by atoms with Gasteiger partial charge < -0.3 is 25.2 Å². The third-order valence-corrected chi connectivity index (χ3v) is 3.48. The molecule has 0 saturated heterocycles. The van der Waals surface area contributed by atoms with E-state index in [1.165, 1.54) is 0 Å². The Morgan fingerprint density at radius 3 is 2.04 bits per heavy atom. The maximum Gasteiger partial charge on any atom is 0.508 e. The van der Waals surface area contributed by atoms with Gasteiger partial charge in [-0.2, -0.15) is 0 Å². The summed E-state index contributed by atoms with van der Waals surface area (Å²) in [4.78, 5) is 21.6. The first-order valence-electron chi connectivity index (χ1n) is 9.09. The highest BCUT2D eigenvalue weighted by atomic mass is 16.7. The number of carboxylic acids is 1. The molecule has 0 saturated carbocycles. The summed E-state index contributed by atoms with van der Waals surface area (Å²) in [6.07, 6.45) is 6.49. The van der Waals surface area contributed by atoms with Crippen molar-refractivity contribution in [3.63, 3.8) is 0 Å². The topological polar surface area (TPSA) is 96.9 Å². The lowest BCUT2D eigenvalue weighted by atomic mass is 10.1. The number of likely N-dealkylation sites (N-methyl/N-ethyl adjacent to an activating group) is 1. The van der Waals surface area contributed by atoms with Crippen LogP contribution in [0.5, 0.6) is 0 Å². The van der Waals surface area contributed by atoms with Gasteiger partial charge in [-0.15, -0.1) is 0 Å². The molecular formula is C17H34N2O5. The molecule has 0 bridgehead atoms. The van der Waals surface area contributed by atoms with Crippen molar-refractivity contribution in [1.29, 1.82) is 0 Å². The summed E-state index contributed by atoms with van der Waals surface area (Å²) in [5.74, 6) is -0.719. The Morgan fingerprint density at radius 1 is 0.792 bits per heavy atom. The van der Waals surface area contributed by atoms with Crippen LogP contribution >= 0.6 is 0 Å². The van der Waals surface area contributed by atoms with Gasteiger partial charge in [0.05, 0.1) is 6.61 Å². The van der Waals surface area contributed by atoms with Crippen molar-refractivity contribution < 1.29 is 24.2 Å². The van der Waals surface area contributed by atoms with Crippen LogP contribution in [0, 0.1) is 0 Å². The average Bonchev–Trinajstić information content (AvgIpc) is 2.55. The Labute approximate surface area is 145 Å². The van der Waals surface area contributed by atoms with Crippen LogP contribution in [0.2, 0.25) is 0 Å². The quantitative estimate of drug-likeness (QED) is 0.275. The Bertz CT molecular complexity index is 313. The molecule has 0 atom stereocenters. The molecule has 0 aromatic heterocycles. The molecule has 0 rings (SSSR count). The third kappa shape index (κ3) is 18.7. The van der Waals surface area contributed by atoms with E-state index in [0.717, 1.165) is 64.6 Å². The van der Waals surface area contributed by atoms with Crippen LogP contribution in [0.15, 0.2) is 0 Å². The summed E-state index contributed by atoms with van der Waals surface area (Å²) in [6, 6.07) is 0. The largest absolute Gasteiger partial charge is 0.508 e. The smallest absolute Gasteiger partial charge is 0.481 e. The predicted molar refractivity (Wildman–Crippen MR) is 93.3 cm³/mol. The fourth-order valence-corrected chi connectivity index (χ4v) is 2.14. The number of carbonyl (C=O) groups excluding carboxylic acids is 1. The van der Waals surface area contributed by atoms with E-state index in [4.69, 9.17) is 14.6 Å². The van der Waals surface area contributed by atoms with E-state index in [2.05, 4.69) is 17.6 Å². The van der Waals surface area contributed by atoms with Crippen LogP contribution in [-0.2, 0) is 14.3 Å². The highest BCUT2D eigenvalue weighted by Gasteiger charge is 2.02. The number of aliphatic carboxylic acids is 1. The Kier molecular flexibility index (Phi) is 17.0. The van der Waals surface area contributed by atoms with Crippen molar-refractivity contribution in [2.75, 3.05) is 39.4 Å². The van der Waals surface area contributed by atoms with E-state index < -0.39 is 12.1 Å². The zero-order valence-electron chi connectivity index (χ0n) is 15.0. The van der Waals surface area contributed by atoms with E-state index in [9.17, 15) is 9.59 Å². The van der Waals surface area contributed by atoms with Gasteiger partial charge in [-0.05, 0) is 19.4 Å². The summed E-state index contributed by atoms with van der Waals surface area (Å²) in [5, 5.41) is 14.9. The monoisotopic (exact) mass is 346 g/mol. The fourth-order valence-electron chi connectivity index (χ4n) is 2.14. The standard InChI is InChI=1S/C17H34N2O5/c1-2-18-11-12-19-13-15-24-17(22)23-14-9-7-5-3-4-6-8-10-16(20)21/h18-19H,2-15H2,1H3,(H,20,21). The molecule has 0 unspecified atom stereocenters. The molecule has 0 aliphatic carbocycles. The second kappa shape index (κ2) is 18.0. The molecule has 3 N–H and O–H groups in total. The lowest BCUT2D eigenvalue weighted by molar-refractivity contribution is -0.137. The zero-order chi connectivity index (χ0) is 17.9. The Hall–Kier alpha value is -1.34. The molecule has 0 radical (unpaired) electrons. The first-order chi connectivity index (χ1) is 11.7. The molecule has 0 amide bonds. The molecule has 0 aliphatic heterocycles. The summed E-state index contributed by atoms with van der Waals surface area (Å²) < 4.78 is 9.94. The molecular weight excluding hydrogens is 312 g/mol. The predicted octanol–water partition coefficient (Wildman–Crippen LogP) is 2.54. The molecule has 0 aromatic rings. The van der Waals surface area contributed by atoms with Gasteiger partial charge in [0.1, 0.15) is 6.61 Å². The van der Waals surface area contributed by atoms with Crippen molar-refractivity contribution in [3.8, 4) is 0 Å². The van der Waals surface area contributed by atoms with Crippen LogP contribution in [-0.4, -0.2) is 56.6 Å². The lowest BCUT2D eigenvalue weighted by Crippen LogP contribution is -2.29. The van der Waals surface area contributed by atoms with Gasteiger partial charge in [0.25, 0.3) is 0 Å². The summed E-state index contributed by atoms with van der Waals surface area (Å²) >= 11 is 0. The fraction of sp³-hybridized carbons (Fsp3) is 0.882. The van der Waals surface area contributed by atoms with Gasteiger partial charge in [0, 0.05) is 26.1 Å². The molecule has 0 aliphatic rings. The van der Waals surface area contributed by atoms with Crippen molar-refractivity contribution in [3.05, 3.63) is 0 Å². The van der Waals surface area contributed by atoms with E-state index in [1.807, 2.05) is 0 Å². The van der Waals surface area contributed by atoms with E-state index >= 15 is 0 Å². The average molecular weight is 346 g/mol. The van der Waals surface area contributed by atoms with Gasteiger partial charge in [0.15, 0.2) is 0 Å². The zero-order valence-corrected chi connectivity index (χ0v) is 15.0. The first kappa shape index (κ1) is 22.7. The molecule has 7 nitrogen and oxygen atoms in total. The minimum absolute atomic E-state index is 0.265. The maximum atomic E-state index is 11.3. The molecule has 0 spiro atoms. The molecule has 0 fully saturated rings. The minimum atomic E-state index is -0.719. The number of nitrogens with one attached hydrogen (secondary N) is 2. The number of carbonyl (C=O) groups is 2. The highest BCUT2D eigenvalue weighted by Crippen LogP contribution is 2.08. The van der Waals surface area contributed by atoms with Crippen LogP contribution in [0.3, 0.4) is 0 Å². The molecule has 142 valence electrons. The van der Waals surface area contributed by atoms with Gasteiger partial charge in [-0.1, -0.05) is 39.0 Å². The molecule has 24 heavy (non-hydrogen) atoms. The Balaban J connectivity index is 3.16. The van der Waals surface area contributed by atoms with Gasteiger partial charge in [-0.3, -0.25) is 4.79 Å². The second-order valence-corrected chi connectivity index (χ2v) is 5.67. The van der Waals surface area contributed by atoms with E-state index in [-0.39, 0.29) is 6.42 Å². The number of rotatable bonds is 17. The SMILES string of the molecule is CCNCCNCCOC(=O)OCCCCCCCCCC(=O)O. The normalized spacial score (nSPS) is 10.5. The molecule has 7 heteroatoms. The number of hydrogen-bond donors (Lipinski definition) is 3. The van der Waals surface area contributed by atoms with Crippen LogP contribution in [0.4, 0.5) is 4.79 Å². The number of ether oxygens (including phenoxy) is 2. The van der Waals surface area contributed by atoms with E-state index in [1.54, 1.807) is 0 Å². The lowest BCUT2D eigenvalue weighted by Gasteiger charge is -2.07. The van der Waals surface area contributed by atoms with Crippen LogP contribution in [0.25, 0.3) is 0 Å². The summed E-state index contributed by atoms with van der Waals surface area (Å²) in [7, 11) is 0. The van der Waals surface area contributed by atoms with Gasteiger partial charge in [-0.25, -0.2) is 4.79 Å². The molecule has 0 aromatic carbocycles. The van der Waals surface area contributed by atoms with Crippen LogP contribution < -0.4 is 10.6 Å². The number of hydrogen-bond acceptors (Lipinski definition) is 6. The van der Waals surface area contributed by atoms with E-state index in [0.29, 0.717) is 19.8 Å². The minimum Gasteiger partial charge on any atom is -0.481 e. The van der Waals surface area contributed by atoms with Crippen molar-refractivity contribution >= 4 is 12.1 Å². The highest BCUT2D eigenvalue weighted by molar-refractivity contribution is 5.66. The van der Waals surface area contributed by atoms with Crippen LogP contribution in [0.1, 0.15) is 58.3 Å².